The highest BCUT2D eigenvalue weighted by molar-refractivity contribution is 5.36. The van der Waals surface area contributed by atoms with Crippen molar-refractivity contribution in [3.63, 3.8) is 0 Å². The van der Waals surface area contributed by atoms with Gasteiger partial charge in [-0.05, 0) is 24.8 Å². The van der Waals surface area contributed by atoms with Crippen LogP contribution in [0.5, 0.6) is 0 Å². The molecule has 92 valence electrons. The van der Waals surface area contributed by atoms with Gasteiger partial charge in [-0.15, -0.1) is 0 Å². The van der Waals surface area contributed by atoms with Crippen molar-refractivity contribution in [2.75, 3.05) is 0 Å². The number of hydrogen-bond donors (Lipinski definition) is 0. The maximum atomic E-state index is 12.4. The van der Waals surface area contributed by atoms with Gasteiger partial charge in [0.1, 0.15) is 0 Å². The van der Waals surface area contributed by atoms with E-state index < -0.39 is 11.7 Å². The lowest BCUT2D eigenvalue weighted by molar-refractivity contribution is -0.0938. The Morgan fingerprint density at radius 1 is 1.19 bits per heavy atom. The van der Waals surface area contributed by atoms with Crippen LogP contribution in [0.3, 0.4) is 0 Å². The van der Waals surface area contributed by atoms with Gasteiger partial charge in [-0.1, -0.05) is 45.1 Å². The van der Waals surface area contributed by atoms with Crippen LogP contribution in [0.15, 0.2) is 35.5 Å². The van der Waals surface area contributed by atoms with E-state index in [4.69, 9.17) is 0 Å². The first kappa shape index (κ1) is 15.0. The van der Waals surface area contributed by atoms with Gasteiger partial charge in [-0.25, -0.2) is 0 Å². The summed E-state index contributed by atoms with van der Waals surface area (Å²) in [5.74, 6) is 0. The summed E-state index contributed by atoms with van der Waals surface area (Å²) in [6.45, 7) is 9.69. The van der Waals surface area contributed by atoms with E-state index in [0.717, 1.165) is 17.6 Å². The molecule has 0 saturated carbocycles. The molecule has 0 unspecified atom stereocenters. The van der Waals surface area contributed by atoms with Gasteiger partial charge in [0, 0.05) is 5.57 Å². The Morgan fingerprint density at radius 2 is 1.75 bits per heavy atom. The minimum Gasteiger partial charge on any atom is -0.166 e. The molecule has 0 aromatic heterocycles. The molecule has 1 aliphatic rings. The number of allylic oxidation sites excluding steroid dienone is 5. The molecule has 0 spiro atoms. The predicted octanol–water partition coefficient (Wildman–Crippen LogP) is 5.19. The van der Waals surface area contributed by atoms with Crippen molar-refractivity contribution < 1.29 is 13.2 Å². The summed E-state index contributed by atoms with van der Waals surface area (Å²) in [6.07, 6.45) is -0.289. The fourth-order valence-electron chi connectivity index (χ4n) is 1.45. The molecule has 0 radical (unpaired) electrons. The second-order valence-corrected chi connectivity index (χ2v) is 3.34. The van der Waals surface area contributed by atoms with E-state index >= 15 is 0 Å². The molecule has 3 heteroatoms. The van der Waals surface area contributed by atoms with Gasteiger partial charge < -0.3 is 0 Å². The van der Waals surface area contributed by atoms with E-state index in [0.29, 0.717) is 6.42 Å². The van der Waals surface area contributed by atoms with Crippen molar-refractivity contribution in [3.8, 4) is 0 Å². The fraction of sp³-hybridized carbons (Fsp3) is 0.538. The molecule has 0 amide bonds. The minimum atomic E-state index is -4.19. The number of rotatable bonds is 1. The third-order valence-electron chi connectivity index (χ3n) is 2.38. The SMILES string of the molecule is C=C1CCC(C(F)(F)F)=CC=C1CC.CC. The molecule has 16 heavy (non-hydrogen) atoms. The van der Waals surface area contributed by atoms with Crippen LogP contribution in [0.4, 0.5) is 13.2 Å². The highest BCUT2D eigenvalue weighted by atomic mass is 19.4. The van der Waals surface area contributed by atoms with Crippen LogP contribution in [-0.4, -0.2) is 6.18 Å². The zero-order chi connectivity index (χ0) is 12.8. The third kappa shape index (κ3) is 4.25. The first-order chi connectivity index (χ1) is 7.45. The van der Waals surface area contributed by atoms with Crippen LogP contribution in [0.1, 0.15) is 40.0 Å². The smallest absolute Gasteiger partial charge is 0.166 e. The van der Waals surface area contributed by atoms with Crippen LogP contribution in [0.2, 0.25) is 0 Å². The molecular formula is C13H19F3. The van der Waals surface area contributed by atoms with Gasteiger partial charge >= 0.3 is 6.18 Å². The van der Waals surface area contributed by atoms with Gasteiger partial charge in [-0.3, -0.25) is 0 Å². The van der Waals surface area contributed by atoms with Crippen molar-refractivity contribution in [2.24, 2.45) is 0 Å². The lowest BCUT2D eigenvalue weighted by Crippen LogP contribution is -2.11. The third-order valence-corrected chi connectivity index (χ3v) is 2.38. The molecule has 1 rings (SSSR count). The lowest BCUT2D eigenvalue weighted by Gasteiger charge is -2.09. The Labute approximate surface area is 95.5 Å². The molecule has 0 N–H and O–H groups in total. The van der Waals surface area contributed by atoms with Crippen molar-refractivity contribution in [3.05, 3.63) is 35.5 Å². The Morgan fingerprint density at radius 3 is 2.19 bits per heavy atom. The summed E-state index contributed by atoms with van der Waals surface area (Å²) >= 11 is 0. The zero-order valence-corrected chi connectivity index (χ0v) is 10.1. The Balaban J connectivity index is 0.00000106. The van der Waals surface area contributed by atoms with Crippen LogP contribution in [0, 0.1) is 0 Å². The number of alkyl halides is 3. The number of hydrogen-bond acceptors (Lipinski definition) is 0. The normalized spacial score (nSPS) is 16.8. The molecule has 0 saturated heterocycles. The molecule has 0 nitrogen and oxygen atoms in total. The van der Waals surface area contributed by atoms with Crippen LogP contribution < -0.4 is 0 Å². The Bertz CT molecular complexity index is 293. The van der Waals surface area contributed by atoms with Crippen molar-refractivity contribution in [1.82, 2.24) is 0 Å². The minimum absolute atomic E-state index is 0.0440. The van der Waals surface area contributed by atoms with E-state index in [1.165, 1.54) is 12.2 Å². The monoisotopic (exact) mass is 232 g/mol. The molecule has 0 bridgehead atoms. The molecule has 0 fully saturated rings. The molecule has 0 aromatic rings. The second kappa shape index (κ2) is 6.56. The highest BCUT2D eigenvalue weighted by Gasteiger charge is 2.33. The van der Waals surface area contributed by atoms with E-state index in [9.17, 15) is 13.2 Å². The van der Waals surface area contributed by atoms with E-state index in [1.54, 1.807) is 0 Å². The average Bonchev–Trinajstić information content (AvgIpc) is 2.42. The highest BCUT2D eigenvalue weighted by Crippen LogP contribution is 2.33. The molecule has 0 aliphatic heterocycles. The summed E-state index contributed by atoms with van der Waals surface area (Å²) in [7, 11) is 0. The van der Waals surface area contributed by atoms with Gasteiger partial charge in [0.25, 0.3) is 0 Å². The Kier molecular flexibility index (Phi) is 6.16. The van der Waals surface area contributed by atoms with Crippen molar-refractivity contribution in [2.45, 2.75) is 46.2 Å². The first-order valence-electron chi connectivity index (χ1n) is 5.60. The molecule has 0 heterocycles. The fourth-order valence-corrected chi connectivity index (χ4v) is 1.45. The summed E-state index contributed by atoms with van der Waals surface area (Å²) in [5.41, 5.74) is 1.29. The average molecular weight is 232 g/mol. The molecular weight excluding hydrogens is 213 g/mol. The summed E-state index contributed by atoms with van der Waals surface area (Å²) in [6, 6.07) is 0. The van der Waals surface area contributed by atoms with Gasteiger partial charge in [-0.2, -0.15) is 13.2 Å². The van der Waals surface area contributed by atoms with Crippen LogP contribution >= 0.6 is 0 Å². The van der Waals surface area contributed by atoms with Crippen molar-refractivity contribution >= 4 is 0 Å². The van der Waals surface area contributed by atoms with Crippen LogP contribution in [-0.2, 0) is 0 Å². The quantitative estimate of drug-likeness (QED) is 0.583. The standard InChI is InChI=1S/C11H13F3.C2H6/c1-3-9-5-7-10(11(12,13)14)6-4-8(9)2;1-2/h5,7H,2-4,6H2,1H3;1-2H3. The summed E-state index contributed by atoms with van der Waals surface area (Å²) < 4.78 is 37.1. The zero-order valence-electron chi connectivity index (χ0n) is 10.1. The summed E-state index contributed by atoms with van der Waals surface area (Å²) in [4.78, 5) is 0. The van der Waals surface area contributed by atoms with Crippen LogP contribution in [0.25, 0.3) is 0 Å². The molecule has 1 aliphatic carbocycles. The van der Waals surface area contributed by atoms with Crippen molar-refractivity contribution in [1.29, 1.82) is 0 Å². The number of halogens is 3. The first-order valence-corrected chi connectivity index (χ1v) is 5.60. The van der Waals surface area contributed by atoms with Gasteiger partial charge in [0.15, 0.2) is 0 Å². The van der Waals surface area contributed by atoms with E-state index in [-0.39, 0.29) is 6.42 Å². The lowest BCUT2D eigenvalue weighted by atomic mass is 10.0. The Hall–Kier alpha value is -0.990. The summed E-state index contributed by atoms with van der Waals surface area (Å²) in [5, 5.41) is 0. The molecule has 0 atom stereocenters. The maximum Gasteiger partial charge on any atom is 0.412 e. The molecule has 0 aromatic carbocycles. The largest absolute Gasteiger partial charge is 0.412 e. The second-order valence-electron chi connectivity index (χ2n) is 3.34. The van der Waals surface area contributed by atoms with Gasteiger partial charge in [0.2, 0.25) is 0 Å². The van der Waals surface area contributed by atoms with E-state index in [1.807, 2.05) is 20.8 Å². The maximum absolute atomic E-state index is 12.4. The topological polar surface area (TPSA) is 0 Å². The predicted molar refractivity (Wildman–Crippen MR) is 62.2 cm³/mol. The van der Waals surface area contributed by atoms with Gasteiger partial charge in [0.05, 0.1) is 0 Å². The van der Waals surface area contributed by atoms with E-state index in [2.05, 4.69) is 6.58 Å².